The third kappa shape index (κ3) is 23.1. The van der Waals surface area contributed by atoms with E-state index in [2.05, 4.69) is 48.3 Å². The minimum atomic E-state index is -4.44. The van der Waals surface area contributed by atoms with Gasteiger partial charge in [0.15, 0.2) is 11.5 Å². The molecular formula is C49H69Cl2F3N4O5. The van der Waals surface area contributed by atoms with Crippen LogP contribution in [-0.2, 0) is 19.0 Å². The van der Waals surface area contributed by atoms with Gasteiger partial charge in [0.1, 0.15) is 11.4 Å². The lowest BCUT2D eigenvalue weighted by Crippen LogP contribution is -2.37. The molecule has 0 aliphatic rings. The Balaban J connectivity index is 0.000000473. The molecule has 0 saturated carbocycles. The molecule has 0 fully saturated rings. The van der Waals surface area contributed by atoms with Crippen LogP contribution in [-0.4, -0.2) is 55.9 Å². The third-order valence-corrected chi connectivity index (χ3v) is 10.2. The predicted octanol–water partition coefficient (Wildman–Crippen LogP) is 13.5. The van der Waals surface area contributed by atoms with E-state index in [9.17, 15) is 18.0 Å². The van der Waals surface area contributed by atoms with E-state index in [0.29, 0.717) is 58.3 Å². The zero-order valence-corrected chi connectivity index (χ0v) is 40.5. The molecular weight excluding hydrogens is 852 g/mol. The molecule has 0 atom stereocenters. The molecule has 2 amide bonds. The second-order valence-electron chi connectivity index (χ2n) is 16.8. The van der Waals surface area contributed by atoms with Crippen molar-refractivity contribution in [3.63, 3.8) is 0 Å². The van der Waals surface area contributed by atoms with Crippen LogP contribution in [0.5, 0.6) is 17.4 Å². The van der Waals surface area contributed by atoms with Gasteiger partial charge in [-0.1, -0.05) is 123 Å². The predicted molar refractivity (Wildman–Crippen MR) is 254 cm³/mol. The van der Waals surface area contributed by atoms with Crippen LogP contribution in [0.15, 0.2) is 90.1 Å². The summed E-state index contributed by atoms with van der Waals surface area (Å²) in [5, 5.41) is 15.2. The van der Waals surface area contributed by atoms with Crippen molar-refractivity contribution in [2.45, 2.75) is 94.7 Å². The number of halogens is 5. The number of para-hydroxylation sites is 1. The molecule has 3 N–H and O–H groups in total. The molecule has 350 valence electrons. The zero-order valence-electron chi connectivity index (χ0n) is 39.0. The maximum atomic E-state index is 12.7. The van der Waals surface area contributed by atoms with Gasteiger partial charge in [-0.2, -0.15) is 13.2 Å². The number of aliphatic imine (C=N–C) groups is 1. The number of anilines is 1. The highest BCUT2D eigenvalue weighted by Crippen LogP contribution is 2.36. The standard InChI is InChI=1S/C21H27N3O3.C13H18F3NO.C10H12Cl2.C5H12O/c1-15(2)20(24-21(25)23-17-8-6-5-7-9-17)22-13-12-16-10-11-18(26-3)19(14-16)27-4;1-9(2)12(3,4)8-18-11-10(13(14,15)16)6-5-7-17-11;1-7(2)5-8-3-4-9(11)10(12)6-8;1-5(2)3-4-6/h5-11,14-15H,12-13H2,1-4H3,(H2,22,23,24,25);5-7,9H,8H2,1-4H3;3-4,6-7H,5H2,1-2H3;5-6H,3-4H2,1-2H3. The van der Waals surface area contributed by atoms with Crippen LogP contribution in [0.4, 0.5) is 23.7 Å². The topological polar surface area (TPSA) is 114 Å². The fourth-order valence-corrected chi connectivity index (χ4v) is 5.37. The number of hydrogen-bond acceptors (Lipinski definition) is 7. The Bertz CT molecular complexity index is 1940. The second kappa shape index (κ2) is 29.0. The summed E-state index contributed by atoms with van der Waals surface area (Å²) in [5.41, 5.74) is 2.04. The van der Waals surface area contributed by atoms with E-state index in [1.54, 1.807) is 14.2 Å². The molecule has 9 nitrogen and oxygen atoms in total. The van der Waals surface area contributed by atoms with Gasteiger partial charge in [-0.25, -0.2) is 9.78 Å². The summed E-state index contributed by atoms with van der Waals surface area (Å²) in [7, 11) is 3.23. The van der Waals surface area contributed by atoms with Crippen LogP contribution < -0.4 is 24.8 Å². The zero-order chi connectivity index (χ0) is 47.8. The van der Waals surface area contributed by atoms with Gasteiger partial charge < -0.3 is 24.6 Å². The van der Waals surface area contributed by atoms with Gasteiger partial charge in [0.25, 0.3) is 0 Å². The Hall–Kier alpha value is -4.52. The van der Waals surface area contributed by atoms with E-state index in [4.69, 9.17) is 42.5 Å². The number of methoxy groups -OCH3 is 2. The van der Waals surface area contributed by atoms with Crippen LogP contribution in [0.3, 0.4) is 0 Å². The van der Waals surface area contributed by atoms with Gasteiger partial charge >= 0.3 is 12.2 Å². The van der Waals surface area contributed by atoms with E-state index >= 15 is 0 Å². The molecule has 0 aliphatic heterocycles. The first kappa shape index (κ1) is 56.5. The van der Waals surface area contributed by atoms with Crippen LogP contribution in [0.1, 0.15) is 92.3 Å². The molecule has 4 rings (SSSR count). The number of aromatic nitrogens is 1. The molecule has 14 heteroatoms. The van der Waals surface area contributed by atoms with E-state index in [1.165, 1.54) is 17.8 Å². The number of urea groups is 1. The normalized spacial score (nSPS) is 11.5. The molecule has 3 aromatic carbocycles. The molecule has 0 spiro atoms. The number of alkyl halides is 3. The molecule has 1 heterocycles. The Morgan fingerprint density at radius 3 is 1.95 bits per heavy atom. The van der Waals surface area contributed by atoms with Gasteiger partial charge in [-0.05, 0) is 96.7 Å². The maximum Gasteiger partial charge on any atom is 0.421 e. The summed E-state index contributed by atoms with van der Waals surface area (Å²) >= 11 is 11.7. The highest BCUT2D eigenvalue weighted by molar-refractivity contribution is 6.42. The lowest BCUT2D eigenvalue weighted by atomic mass is 9.82. The number of amides is 2. The van der Waals surface area contributed by atoms with Crippen molar-refractivity contribution in [2.75, 3.05) is 39.3 Å². The van der Waals surface area contributed by atoms with Crippen molar-refractivity contribution < 1.29 is 37.3 Å². The Morgan fingerprint density at radius 2 is 1.44 bits per heavy atom. The van der Waals surface area contributed by atoms with Gasteiger partial charge in [0.2, 0.25) is 5.88 Å². The molecule has 0 radical (unpaired) electrons. The van der Waals surface area contributed by atoms with Crippen molar-refractivity contribution in [2.24, 2.45) is 34.1 Å². The summed E-state index contributed by atoms with van der Waals surface area (Å²) < 4.78 is 54.0. The van der Waals surface area contributed by atoms with E-state index in [-0.39, 0.29) is 29.9 Å². The number of carbonyl (C=O) groups excluding carboxylic acids is 1. The first-order valence-electron chi connectivity index (χ1n) is 21.1. The minimum Gasteiger partial charge on any atom is -0.493 e. The van der Waals surface area contributed by atoms with E-state index in [0.717, 1.165) is 36.6 Å². The van der Waals surface area contributed by atoms with Gasteiger partial charge in [0.05, 0.1) is 30.9 Å². The number of nitrogens with zero attached hydrogens (tertiary/aromatic N) is 2. The average Bonchev–Trinajstić information content (AvgIpc) is 3.21. The summed E-state index contributed by atoms with van der Waals surface area (Å²) in [4.78, 5) is 20.4. The van der Waals surface area contributed by atoms with E-state index in [1.807, 2.05) is 108 Å². The number of rotatable bonds is 15. The Labute approximate surface area is 384 Å². The number of ether oxygens (including phenoxy) is 3. The smallest absolute Gasteiger partial charge is 0.421 e. The number of aliphatic hydroxyl groups excluding tert-OH is 1. The van der Waals surface area contributed by atoms with Crippen molar-refractivity contribution in [3.8, 4) is 17.4 Å². The van der Waals surface area contributed by atoms with E-state index < -0.39 is 11.7 Å². The number of hydrogen-bond donors (Lipinski definition) is 3. The number of aliphatic hydroxyl groups is 1. The number of benzene rings is 3. The lowest BCUT2D eigenvalue weighted by Gasteiger charge is -2.29. The SMILES string of the molecule is CC(C)C(C)(C)COc1ncccc1C(F)(F)F.CC(C)CCO.CC(C)Cc1ccc(Cl)c(Cl)c1.COc1ccc(CCN=C(NC(=O)Nc2ccccc2)C(C)C)cc1OC. The Kier molecular flexibility index (Phi) is 26.0. The fourth-order valence-electron chi connectivity index (χ4n) is 5.05. The fraction of sp³-hybridized carbons (Fsp3) is 0.490. The first-order chi connectivity index (χ1) is 29.5. The van der Waals surface area contributed by atoms with Gasteiger partial charge in [-0.3, -0.25) is 10.3 Å². The molecule has 1 aromatic heterocycles. The second-order valence-corrected chi connectivity index (χ2v) is 17.7. The van der Waals surface area contributed by atoms with Crippen LogP contribution in [0.25, 0.3) is 0 Å². The van der Waals surface area contributed by atoms with Crippen molar-refractivity contribution in [1.29, 1.82) is 0 Å². The number of carbonyl (C=O) groups is 1. The highest BCUT2D eigenvalue weighted by atomic mass is 35.5. The number of amidine groups is 1. The van der Waals surface area contributed by atoms with Crippen LogP contribution in [0.2, 0.25) is 10.0 Å². The molecule has 4 aromatic rings. The largest absolute Gasteiger partial charge is 0.493 e. The van der Waals surface area contributed by atoms with Gasteiger partial charge in [0, 0.05) is 36.4 Å². The number of nitrogens with one attached hydrogen (secondary N) is 2. The third-order valence-electron chi connectivity index (χ3n) is 9.51. The van der Waals surface area contributed by atoms with Crippen molar-refractivity contribution in [3.05, 3.63) is 112 Å². The molecule has 0 saturated heterocycles. The summed E-state index contributed by atoms with van der Waals surface area (Å²) in [5.74, 6) is 3.42. The minimum absolute atomic E-state index is 0.108. The molecule has 0 bridgehead atoms. The Morgan fingerprint density at radius 1 is 0.810 bits per heavy atom. The summed E-state index contributed by atoms with van der Waals surface area (Å²) in [6, 6.07) is 22.9. The van der Waals surface area contributed by atoms with Crippen molar-refractivity contribution in [1.82, 2.24) is 10.3 Å². The summed E-state index contributed by atoms with van der Waals surface area (Å²) in [6.45, 7) is 21.6. The maximum absolute atomic E-state index is 12.7. The monoisotopic (exact) mass is 920 g/mol. The molecule has 63 heavy (non-hydrogen) atoms. The summed E-state index contributed by atoms with van der Waals surface area (Å²) in [6.07, 6.45) is -0.423. The molecule has 0 unspecified atom stereocenters. The van der Waals surface area contributed by atoms with Crippen LogP contribution >= 0.6 is 23.2 Å². The lowest BCUT2D eigenvalue weighted by molar-refractivity contribution is -0.139. The highest BCUT2D eigenvalue weighted by Gasteiger charge is 2.35. The number of pyridine rings is 1. The first-order valence-corrected chi connectivity index (χ1v) is 21.9. The van der Waals surface area contributed by atoms with Crippen molar-refractivity contribution >= 4 is 40.8 Å². The van der Waals surface area contributed by atoms with Crippen LogP contribution in [0, 0.1) is 29.1 Å². The van der Waals surface area contributed by atoms with Gasteiger partial charge in [-0.15, -0.1) is 0 Å². The quantitative estimate of drug-likeness (QED) is 0.0808. The average molecular weight is 922 g/mol. The molecule has 0 aliphatic carbocycles.